The van der Waals surface area contributed by atoms with Gasteiger partial charge in [-0.05, 0) is 25.7 Å². The molecule has 0 atom stereocenters. The van der Waals surface area contributed by atoms with Crippen molar-refractivity contribution in [2.24, 2.45) is 5.73 Å². The fourth-order valence-corrected chi connectivity index (χ4v) is 3.19. The van der Waals surface area contributed by atoms with Gasteiger partial charge < -0.3 is 10.3 Å². The first-order valence-corrected chi connectivity index (χ1v) is 6.57. The molecular weight excluding hydrogens is 208 g/mol. The monoisotopic (exact) mass is 224 g/mol. The molecule has 0 amide bonds. The van der Waals surface area contributed by atoms with Crippen molar-refractivity contribution in [1.29, 1.82) is 0 Å². The molecule has 4 nitrogen and oxygen atoms in total. The third-order valence-corrected chi connectivity index (χ3v) is 4.45. The lowest BCUT2D eigenvalue weighted by molar-refractivity contribution is 0.518. The van der Waals surface area contributed by atoms with Crippen molar-refractivity contribution < 1.29 is 0 Å². The van der Waals surface area contributed by atoms with Crippen LogP contribution in [0.3, 0.4) is 0 Å². The summed E-state index contributed by atoms with van der Waals surface area (Å²) >= 11 is 1.90. The number of hydrogen-bond acceptors (Lipinski definition) is 4. The Morgan fingerprint density at radius 2 is 2.07 bits per heavy atom. The molecule has 2 fully saturated rings. The summed E-state index contributed by atoms with van der Waals surface area (Å²) in [6.45, 7) is 0.509. The molecule has 0 radical (unpaired) electrons. The number of rotatable bonds is 4. The maximum atomic E-state index is 5.67. The molecule has 15 heavy (non-hydrogen) atoms. The van der Waals surface area contributed by atoms with Crippen LogP contribution in [0.1, 0.15) is 44.0 Å². The third-order valence-electron chi connectivity index (χ3n) is 3.15. The Kier molecular flexibility index (Phi) is 2.44. The molecule has 5 heteroatoms. The van der Waals surface area contributed by atoms with Gasteiger partial charge >= 0.3 is 0 Å². The third kappa shape index (κ3) is 1.78. The molecular formula is C10H16N4S. The highest BCUT2D eigenvalue weighted by Gasteiger charge is 2.31. The maximum absolute atomic E-state index is 5.67. The van der Waals surface area contributed by atoms with E-state index in [1.807, 2.05) is 11.8 Å². The average molecular weight is 224 g/mol. The molecule has 1 aromatic rings. The van der Waals surface area contributed by atoms with E-state index in [0.717, 1.165) is 16.2 Å². The first kappa shape index (κ1) is 9.66. The molecule has 2 aliphatic carbocycles. The molecule has 0 aromatic carbocycles. The minimum atomic E-state index is 0.509. The molecule has 0 saturated heterocycles. The normalized spacial score (nSPS) is 21.7. The highest BCUT2D eigenvalue weighted by molar-refractivity contribution is 7.99. The molecule has 1 heterocycles. The highest BCUT2D eigenvalue weighted by Crippen LogP contribution is 2.42. The van der Waals surface area contributed by atoms with Gasteiger partial charge in [-0.3, -0.25) is 0 Å². The van der Waals surface area contributed by atoms with Crippen molar-refractivity contribution in [2.75, 3.05) is 0 Å². The van der Waals surface area contributed by atoms with Crippen LogP contribution in [0, 0.1) is 0 Å². The van der Waals surface area contributed by atoms with E-state index in [0.29, 0.717) is 12.6 Å². The molecule has 2 N–H and O–H groups in total. The van der Waals surface area contributed by atoms with Crippen molar-refractivity contribution in [3.8, 4) is 0 Å². The average Bonchev–Trinajstić information content (AvgIpc) is 2.93. The van der Waals surface area contributed by atoms with Crippen LogP contribution in [0.2, 0.25) is 0 Å². The number of nitrogens with zero attached hydrogens (tertiary/aromatic N) is 3. The SMILES string of the molecule is NCc1nnc(SC2CCC2)n1C1CC1. The van der Waals surface area contributed by atoms with E-state index in [9.17, 15) is 0 Å². The predicted molar refractivity (Wildman–Crippen MR) is 59.7 cm³/mol. The first-order chi connectivity index (χ1) is 7.38. The largest absolute Gasteiger partial charge is 0.324 e. The van der Waals surface area contributed by atoms with Gasteiger partial charge in [0.1, 0.15) is 5.82 Å². The Morgan fingerprint density at radius 1 is 1.27 bits per heavy atom. The van der Waals surface area contributed by atoms with Gasteiger partial charge in [-0.1, -0.05) is 18.2 Å². The van der Waals surface area contributed by atoms with Gasteiger partial charge in [0.25, 0.3) is 0 Å². The molecule has 2 saturated carbocycles. The molecule has 0 aliphatic heterocycles. The summed E-state index contributed by atoms with van der Waals surface area (Å²) in [5.41, 5.74) is 5.67. The second-order valence-corrected chi connectivity index (χ2v) is 5.64. The first-order valence-electron chi connectivity index (χ1n) is 5.69. The van der Waals surface area contributed by atoms with Gasteiger partial charge in [-0.25, -0.2) is 0 Å². The van der Waals surface area contributed by atoms with Gasteiger partial charge in [0, 0.05) is 11.3 Å². The minimum absolute atomic E-state index is 0.509. The van der Waals surface area contributed by atoms with Crippen LogP contribution in [-0.2, 0) is 6.54 Å². The predicted octanol–water partition coefficient (Wildman–Crippen LogP) is 1.72. The van der Waals surface area contributed by atoms with Crippen LogP contribution >= 0.6 is 11.8 Å². The lowest BCUT2D eigenvalue weighted by atomic mass is 10.0. The van der Waals surface area contributed by atoms with Gasteiger partial charge in [-0.15, -0.1) is 10.2 Å². The van der Waals surface area contributed by atoms with Crippen molar-refractivity contribution in [3.05, 3.63) is 5.82 Å². The van der Waals surface area contributed by atoms with Crippen LogP contribution in [0.25, 0.3) is 0 Å². The fraction of sp³-hybridized carbons (Fsp3) is 0.800. The van der Waals surface area contributed by atoms with E-state index in [2.05, 4.69) is 14.8 Å². The minimum Gasteiger partial charge on any atom is -0.324 e. The van der Waals surface area contributed by atoms with E-state index in [4.69, 9.17) is 5.73 Å². The summed E-state index contributed by atoms with van der Waals surface area (Å²) in [5, 5.41) is 10.3. The lowest BCUT2D eigenvalue weighted by Gasteiger charge is -2.24. The standard InChI is InChI=1S/C10H16N4S/c11-6-9-12-13-10(14(9)7-4-5-7)15-8-2-1-3-8/h7-8H,1-6,11H2. The molecule has 0 unspecified atom stereocenters. The Hall–Kier alpha value is -0.550. The number of thioether (sulfide) groups is 1. The van der Waals surface area contributed by atoms with Crippen LogP contribution in [-0.4, -0.2) is 20.0 Å². The van der Waals surface area contributed by atoms with Gasteiger partial charge in [-0.2, -0.15) is 0 Å². The van der Waals surface area contributed by atoms with Gasteiger partial charge in [0.05, 0.1) is 6.54 Å². The Morgan fingerprint density at radius 3 is 2.60 bits per heavy atom. The molecule has 0 bridgehead atoms. The van der Waals surface area contributed by atoms with E-state index in [-0.39, 0.29) is 0 Å². The summed E-state index contributed by atoms with van der Waals surface area (Å²) in [6, 6.07) is 0.640. The van der Waals surface area contributed by atoms with Crippen LogP contribution in [0.5, 0.6) is 0 Å². The van der Waals surface area contributed by atoms with Crippen molar-refractivity contribution >= 4 is 11.8 Å². The van der Waals surface area contributed by atoms with E-state index >= 15 is 0 Å². The molecule has 0 spiro atoms. The zero-order valence-electron chi connectivity index (χ0n) is 8.72. The summed E-state index contributed by atoms with van der Waals surface area (Å²) < 4.78 is 2.27. The lowest BCUT2D eigenvalue weighted by Crippen LogP contribution is -2.15. The molecule has 2 aliphatic rings. The maximum Gasteiger partial charge on any atom is 0.191 e. The van der Waals surface area contributed by atoms with Crippen molar-refractivity contribution in [3.63, 3.8) is 0 Å². The second kappa shape index (κ2) is 3.79. The number of nitrogens with two attached hydrogens (primary N) is 1. The fourth-order valence-electron chi connectivity index (χ4n) is 1.86. The van der Waals surface area contributed by atoms with Crippen molar-refractivity contribution in [2.45, 2.75) is 55.1 Å². The molecule has 3 rings (SSSR count). The van der Waals surface area contributed by atoms with E-state index < -0.39 is 0 Å². The molecule has 82 valence electrons. The quantitative estimate of drug-likeness (QED) is 0.846. The summed E-state index contributed by atoms with van der Waals surface area (Å²) in [5.74, 6) is 0.958. The molecule has 1 aromatic heterocycles. The van der Waals surface area contributed by atoms with E-state index in [1.165, 1.54) is 32.1 Å². The van der Waals surface area contributed by atoms with Gasteiger partial charge in [0.15, 0.2) is 5.16 Å². The van der Waals surface area contributed by atoms with Crippen LogP contribution < -0.4 is 5.73 Å². The van der Waals surface area contributed by atoms with E-state index in [1.54, 1.807) is 0 Å². The Bertz CT molecular complexity index is 354. The van der Waals surface area contributed by atoms with Crippen LogP contribution in [0.15, 0.2) is 5.16 Å². The van der Waals surface area contributed by atoms with Gasteiger partial charge in [0.2, 0.25) is 0 Å². The zero-order chi connectivity index (χ0) is 10.3. The smallest absolute Gasteiger partial charge is 0.191 e. The topological polar surface area (TPSA) is 56.7 Å². The number of hydrogen-bond donors (Lipinski definition) is 1. The van der Waals surface area contributed by atoms with Crippen LogP contribution in [0.4, 0.5) is 0 Å². The summed E-state index contributed by atoms with van der Waals surface area (Å²) in [6.07, 6.45) is 6.58. The summed E-state index contributed by atoms with van der Waals surface area (Å²) in [7, 11) is 0. The number of aromatic nitrogens is 3. The summed E-state index contributed by atoms with van der Waals surface area (Å²) in [4.78, 5) is 0. The Balaban J connectivity index is 1.82. The van der Waals surface area contributed by atoms with Crippen molar-refractivity contribution in [1.82, 2.24) is 14.8 Å². The highest BCUT2D eigenvalue weighted by atomic mass is 32.2. The zero-order valence-corrected chi connectivity index (χ0v) is 9.54. The Labute approximate surface area is 93.6 Å². The second-order valence-electron chi connectivity index (χ2n) is 4.37.